The standard InChI is InChI=1S/C18H18F3N5O/c1-10-14(8-22)17(24-12-3-2-6-23-9-12)26-25-16(10)13-5-4-11(7-15(13)27)18(19,20)21/h4-5,7,12,23,27H,2-3,6,9H2,1H3,(H,24,26). The Kier molecular flexibility index (Phi) is 5.19. The van der Waals surface area contributed by atoms with E-state index in [2.05, 4.69) is 26.9 Å². The topological polar surface area (TPSA) is 93.9 Å². The number of phenols is 1. The number of aromatic hydroxyl groups is 1. The van der Waals surface area contributed by atoms with E-state index in [1.54, 1.807) is 6.92 Å². The van der Waals surface area contributed by atoms with Gasteiger partial charge < -0.3 is 15.7 Å². The number of halogens is 3. The molecule has 1 atom stereocenters. The van der Waals surface area contributed by atoms with Crippen LogP contribution in [0.25, 0.3) is 11.3 Å². The van der Waals surface area contributed by atoms with E-state index in [9.17, 15) is 23.5 Å². The zero-order chi connectivity index (χ0) is 19.6. The molecule has 3 N–H and O–H groups in total. The number of aromatic nitrogens is 2. The summed E-state index contributed by atoms with van der Waals surface area (Å²) in [4.78, 5) is 0. The zero-order valence-electron chi connectivity index (χ0n) is 14.6. The Morgan fingerprint density at radius 2 is 2.11 bits per heavy atom. The van der Waals surface area contributed by atoms with Crippen LogP contribution >= 0.6 is 0 Å². The average Bonchev–Trinajstić information content (AvgIpc) is 2.63. The summed E-state index contributed by atoms with van der Waals surface area (Å²) in [6.45, 7) is 3.32. The lowest BCUT2D eigenvalue weighted by atomic mass is 10.0. The average molecular weight is 377 g/mol. The number of hydrogen-bond acceptors (Lipinski definition) is 6. The van der Waals surface area contributed by atoms with Crippen molar-refractivity contribution >= 4 is 5.82 Å². The summed E-state index contributed by atoms with van der Waals surface area (Å²) in [5, 5.41) is 34.1. The van der Waals surface area contributed by atoms with Crippen LogP contribution < -0.4 is 10.6 Å². The SMILES string of the molecule is Cc1c(-c2ccc(C(F)(F)F)cc2O)nnc(NC2CCCNC2)c1C#N. The van der Waals surface area contributed by atoms with Gasteiger partial charge in [0.05, 0.1) is 5.56 Å². The summed E-state index contributed by atoms with van der Waals surface area (Å²) in [6, 6.07) is 4.83. The van der Waals surface area contributed by atoms with Gasteiger partial charge in [-0.05, 0) is 50.1 Å². The predicted octanol–water partition coefficient (Wildman–Crippen LogP) is 3.21. The Hall–Kier alpha value is -2.86. The maximum absolute atomic E-state index is 12.8. The number of nitrogens with one attached hydrogen (secondary N) is 2. The van der Waals surface area contributed by atoms with E-state index >= 15 is 0 Å². The number of phenolic OH excluding ortho intramolecular Hbond substituents is 1. The first-order chi connectivity index (χ1) is 12.8. The van der Waals surface area contributed by atoms with Crippen molar-refractivity contribution in [2.45, 2.75) is 32.0 Å². The van der Waals surface area contributed by atoms with E-state index in [4.69, 9.17) is 0 Å². The van der Waals surface area contributed by atoms with Crippen LogP contribution in [0.1, 0.15) is 29.5 Å². The van der Waals surface area contributed by atoms with Crippen LogP contribution in [0.15, 0.2) is 18.2 Å². The van der Waals surface area contributed by atoms with Gasteiger partial charge in [-0.15, -0.1) is 10.2 Å². The minimum Gasteiger partial charge on any atom is -0.507 e. The van der Waals surface area contributed by atoms with Gasteiger partial charge in [0.15, 0.2) is 5.82 Å². The molecule has 9 heteroatoms. The molecule has 0 saturated carbocycles. The number of alkyl halides is 3. The number of anilines is 1. The fraction of sp³-hybridized carbons (Fsp3) is 0.389. The lowest BCUT2D eigenvalue weighted by Crippen LogP contribution is -2.38. The zero-order valence-corrected chi connectivity index (χ0v) is 14.6. The Morgan fingerprint density at radius 3 is 2.70 bits per heavy atom. The van der Waals surface area contributed by atoms with Gasteiger partial charge in [-0.2, -0.15) is 18.4 Å². The monoisotopic (exact) mass is 377 g/mol. The smallest absolute Gasteiger partial charge is 0.416 e. The second-order valence-electron chi connectivity index (χ2n) is 6.43. The molecular weight excluding hydrogens is 359 g/mol. The van der Waals surface area contributed by atoms with E-state index in [1.165, 1.54) is 0 Å². The van der Waals surface area contributed by atoms with Crippen LogP contribution in [0, 0.1) is 18.3 Å². The molecule has 2 aromatic rings. The second kappa shape index (κ2) is 7.40. The molecule has 1 unspecified atom stereocenters. The number of nitriles is 1. The van der Waals surface area contributed by atoms with Crippen LogP contribution in [0.2, 0.25) is 0 Å². The second-order valence-corrected chi connectivity index (χ2v) is 6.43. The molecule has 0 bridgehead atoms. The van der Waals surface area contributed by atoms with Crippen molar-refractivity contribution in [1.29, 1.82) is 5.26 Å². The van der Waals surface area contributed by atoms with E-state index in [0.29, 0.717) is 17.4 Å². The summed E-state index contributed by atoms with van der Waals surface area (Å²) < 4.78 is 38.3. The molecule has 1 aliphatic rings. The number of piperidine rings is 1. The van der Waals surface area contributed by atoms with Gasteiger partial charge in [0, 0.05) is 18.2 Å². The summed E-state index contributed by atoms with van der Waals surface area (Å²) in [7, 11) is 0. The van der Waals surface area contributed by atoms with Crippen molar-refractivity contribution in [3.05, 3.63) is 34.9 Å². The van der Waals surface area contributed by atoms with Gasteiger partial charge in [-0.3, -0.25) is 0 Å². The summed E-state index contributed by atoms with van der Waals surface area (Å²) >= 11 is 0. The number of benzene rings is 1. The van der Waals surface area contributed by atoms with Crippen LogP contribution in [0.3, 0.4) is 0 Å². The van der Waals surface area contributed by atoms with Gasteiger partial charge in [-0.25, -0.2) is 0 Å². The molecule has 1 saturated heterocycles. The molecule has 1 fully saturated rings. The highest BCUT2D eigenvalue weighted by atomic mass is 19.4. The first-order valence-electron chi connectivity index (χ1n) is 8.46. The predicted molar refractivity (Wildman–Crippen MR) is 93.1 cm³/mol. The Morgan fingerprint density at radius 1 is 1.33 bits per heavy atom. The normalized spacial score (nSPS) is 17.4. The van der Waals surface area contributed by atoms with E-state index in [-0.39, 0.29) is 22.9 Å². The number of nitrogens with zero attached hydrogens (tertiary/aromatic N) is 3. The molecule has 27 heavy (non-hydrogen) atoms. The molecule has 1 aromatic heterocycles. The minimum absolute atomic E-state index is 0.0929. The highest BCUT2D eigenvalue weighted by molar-refractivity contribution is 5.74. The lowest BCUT2D eigenvalue weighted by Gasteiger charge is -2.24. The van der Waals surface area contributed by atoms with Crippen molar-refractivity contribution in [1.82, 2.24) is 15.5 Å². The number of hydrogen-bond donors (Lipinski definition) is 3. The Bertz CT molecular complexity index is 886. The third-order valence-electron chi connectivity index (χ3n) is 4.55. The van der Waals surface area contributed by atoms with E-state index in [1.807, 2.05) is 0 Å². The maximum Gasteiger partial charge on any atom is 0.416 e. The van der Waals surface area contributed by atoms with Crippen molar-refractivity contribution in [3.63, 3.8) is 0 Å². The molecule has 0 spiro atoms. The molecule has 2 heterocycles. The van der Waals surface area contributed by atoms with Gasteiger partial charge in [0.2, 0.25) is 0 Å². The van der Waals surface area contributed by atoms with Gasteiger partial charge >= 0.3 is 6.18 Å². The Balaban J connectivity index is 1.97. The maximum atomic E-state index is 12.8. The fourth-order valence-electron chi connectivity index (χ4n) is 3.09. The molecule has 142 valence electrons. The van der Waals surface area contributed by atoms with Crippen LogP contribution in [-0.4, -0.2) is 34.4 Å². The highest BCUT2D eigenvalue weighted by Gasteiger charge is 2.31. The van der Waals surface area contributed by atoms with Crippen molar-refractivity contribution in [2.24, 2.45) is 0 Å². The van der Waals surface area contributed by atoms with Crippen LogP contribution in [0.5, 0.6) is 5.75 Å². The van der Waals surface area contributed by atoms with Crippen molar-refractivity contribution in [3.8, 4) is 23.1 Å². The Labute approximate surface area is 154 Å². The van der Waals surface area contributed by atoms with E-state index in [0.717, 1.165) is 38.1 Å². The lowest BCUT2D eigenvalue weighted by molar-refractivity contribution is -0.137. The van der Waals surface area contributed by atoms with Gasteiger partial charge in [-0.1, -0.05) is 0 Å². The fourth-order valence-corrected chi connectivity index (χ4v) is 3.09. The molecule has 0 amide bonds. The van der Waals surface area contributed by atoms with E-state index < -0.39 is 17.5 Å². The quantitative estimate of drug-likeness (QED) is 0.761. The van der Waals surface area contributed by atoms with Gasteiger partial charge in [0.1, 0.15) is 23.1 Å². The third-order valence-corrected chi connectivity index (χ3v) is 4.55. The highest BCUT2D eigenvalue weighted by Crippen LogP contribution is 2.37. The summed E-state index contributed by atoms with van der Waals surface area (Å²) in [6.07, 6.45) is -2.63. The largest absolute Gasteiger partial charge is 0.507 e. The summed E-state index contributed by atoms with van der Waals surface area (Å²) in [5.41, 5.74) is -0.00266. The van der Waals surface area contributed by atoms with Crippen LogP contribution in [0.4, 0.5) is 19.0 Å². The van der Waals surface area contributed by atoms with Crippen molar-refractivity contribution < 1.29 is 18.3 Å². The van der Waals surface area contributed by atoms with Crippen LogP contribution in [-0.2, 0) is 6.18 Å². The third kappa shape index (κ3) is 3.95. The first-order valence-corrected chi connectivity index (χ1v) is 8.46. The first kappa shape index (κ1) is 18.9. The molecule has 0 aliphatic carbocycles. The van der Waals surface area contributed by atoms with Crippen molar-refractivity contribution in [2.75, 3.05) is 18.4 Å². The molecule has 0 radical (unpaired) electrons. The summed E-state index contributed by atoms with van der Waals surface area (Å²) in [5.74, 6) is -0.234. The number of rotatable bonds is 3. The molecular formula is C18H18F3N5O. The molecule has 1 aromatic carbocycles. The molecule has 1 aliphatic heterocycles. The molecule has 6 nitrogen and oxygen atoms in total. The minimum atomic E-state index is -4.56. The molecule has 3 rings (SSSR count). The van der Waals surface area contributed by atoms with Gasteiger partial charge in [0.25, 0.3) is 0 Å².